The third-order valence-electron chi connectivity index (χ3n) is 1.70. The van der Waals surface area contributed by atoms with Crippen LogP contribution in [0.5, 0.6) is 0 Å². The van der Waals surface area contributed by atoms with Crippen molar-refractivity contribution in [3.63, 3.8) is 0 Å². The minimum absolute atomic E-state index is 0.121. The van der Waals surface area contributed by atoms with Crippen LogP contribution in [0.2, 0.25) is 0 Å². The molecule has 1 heterocycles. The van der Waals surface area contributed by atoms with Crippen LogP contribution in [-0.4, -0.2) is 28.6 Å². The first-order valence-electron chi connectivity index (χ1n) is 4.86. The van der Waals surface area contributed by atoms with Crippen molar-refractivity contribution in [1.82, 2.24) is 4.98 Å². The van der Waals surface area contributed by atoms with E-state index in [1.807, 2.05) is 0 Å². The molecule has 7 heteroatoms. The minimum atomic E-state index is -0.948. The fourth-order valence-corrected chi connectivity index (χ4v) is 1.83. The molecule has 0 aliphatic heterocycles. The Bertz CT molecular complexity index is 453. The van der Waals surface area contributed by atoms with Crippen LogP contribution in [0.25, 0.3) is 6.08 Å². The number of carboxylic acids is 1. The molecular formula is C10H12N2O4S. The van der Waals surface area contributed by atoms with E-state index in [1.165, 1.54) is 12.2 Å². The van der Waals surface area contributed by atoms with E-state index in [9.17, 15) is 9.59 Å². The number of aliphatic carboxylic acids is 1. The molecule has 0 aliphatic rings. The monoisotopic (exact) mass is 256 g/mol. The summed E-state index contributed by atoms with van der Waals surface area (Å²) >= 11 is 1.11. The van der Waals surface area contributed by atoms with Crippen LogP contribution in [0, 0.1) is 0 Å². The Balaban J connectivity index is 2.87. The van der Waals surface area contributed by atoms with Crippen LogP contribution in [0.1, 0.15) is 28.7 Å². The summed E-state index contributed by atoms with van der Waals surface area (Å²) in [6.45, 7) is 1.93. The van der Waals surface area contributed by atoms with Gasteiger partial charge in [0.15, 0.2) is 10.8 Å². The molecule has 3 N–H and O–H groups in total. The third kappa shape index (κ3) is 3.87. The first-order valence-corrected chi connectivity index (χ1v) is 5.68. The number of rotatable bonds is 5. The lowest BCUT2D eigenvalue weighted by Gasteiger charge is -1.98. The fourth-order valence-electron chi connectivity index (χ4n) is 1.07. The molecule has 1 rings (SSSR count). The summed E-state index contributed by atoms with van der Waals surface area (Å²) in [5.41, 5.74) is 5.62. The van der Waals surface area contributed by atoms with Crippen LogP contribution < -0.4 is 5.73 Å². The molecule has 92 valence electrons. The average molecular weight is 256 g/mol. The number of esters is 1. The quantitative estimate of drug-likeness (QED) is 0.772. The Morgan fingerprint density at radius 2 is 2.29 bits per heavy atom. The zero-order valence-corrected chi connectivity index (χ0v) is 9.99. The predicted molar refractivity (Wildman–Crippen MR) is 63.8 cm³/mol. The van der Waals surface area contributed by atoms with Gasteiger partial charge in [0.05, 0.1) is 17.9 Å². The molecule has 0 saturated heterocycles. The molecule has 0 radical (unpaired) electrons. The van der Waals surface area contributed by atoms with E-state index < -0.39 is 11.9 Å². The first kappa shape index (κ1) is 13.2. The molecule has 6 nitrogen and oxygen atoms in total. The van der Waals surface area contributed by atoms with E-state index >= 15 is 0 Å². The summed E-state index contributed by atoms with van der Waals surface area (Å²) in [5, 5.41) is 8.72. The number of carbonyl (C=O) groups excluding carboxylic acids is 1. The van der Waals surface area contributed by atoms with Crippen LogP contribution >= 0.6 is 11.3 Å². The van der Waals surface area contributed by atoms with Gasteiger partial charge in [-0.2, -0.15) is 0 Å². The number of aromatic nitrogens is 1. The van der Waals surface area contributed by atoms with Crippen molar-refractivity contribution in [3.05, 3.63) is 16.6 Å². The predicted octanol–water partition coefficient (Wildman–Crippen LogP) is 1.39. The van der Waals surface area contributed by atoms with Gasteiger partial charge in [-0.25, -0.2) is 9.78 Å². The van der Waals surface area contributed by atoms with E-state index in [0.29, 0.717) is 4.88 Å². The molecule has 1 aromatic heterocycles. The van der Waals surface area contributed by atoms with Crippen molar-refractivity contribution in [1.29, 1.82) is 0 Å². The van der Waals surface area contributed by atoms with E-state index in [1.54, 1.807) is 6.92 Å². The molecule has 17 heavy (non-hydrogen) atoms. The molecular weight excluding hydrogens is 244 g/mol. The van der Waals surface area contributed by atoms with Crippen LogP contribution in [0.15, 0.2) is 6.08 Å². The number of carbonyl (C=O) groups is 2. The summed E-state index contributed by atoms with van der Waals surface area (Å²) in [5.74, 6) is -1.51. The minimum Gasteiger partial charge on any atom is -0.481 e. The van der Waals surface area contributed by atoms with Gasteiger partial charge in [0.1, 0.15) is 0 Å². The summed E-state index contributed by atoms with van der Waals surface area (Å²) in [4.78, 5) is 26.2. The van der Waals surface area contributed by atoms with Gasteiger partial charge in [0, 0.05) is 0 Å². The van der Waals surface area contributed by atoms with E-state index in [4.69, 9.17) is 15.6 Å². The highest BCUT2D eigenvalue weighted by molar-refractivity contribution is 7.16. The normalized spacial score (nSPS) is 10.6. The van der Waals surface area contributed by atoms with Gasteiger partial charge in [-0.05, 0) is 13.0 Å². The van der Waals surface area contributed by atoms with Gasteiger partial charge in [-0.15, -0.1) is 0 Å². The molecule has 0 aromatic carbocycles. The van der Waals surface area contributed by atoms with E-state index in [2.05, 4.69) is 4.98 Å². The zero-order chi connectivity index (χ0) is 12.8. The molecule has 0 aliphatic carbocycles. The maximum absolute atomic E-state index is 11.5. The number of carboxylic acid groups (broad SMARTS) is 1. The number of hydrogen-bond donors (Lipinski definition) is 2. The van der Waals surface area contributed by atoms with E-state index in [0.717, 1.165) is 11.3 Å². The Kier molecular flexibility index (Phi) is 4.65. The number of nitrogens with zero attached hydrogens (tertiary/aromatic N) is 1. The topological polar surface area (TPSA) is 103 Å². The fraction of sp³-hybridized carbons (Fsp3) is 0.300. The number of nitrogens with two attached hydrogens (primary N) is 1. The molecule has 0 fully saturated rings. The highest BCUT2D eigenvalue weighted by Crippen LogP contribution is 2.22. The molecule has 1 aromatic rings. The number of hydrogen-bond acceptors (Lipinski definition) is 6. The van der Waals surface area contributed by atoms with Crippen molar-refractivity contribution in [2.24, 2.45) is 0 Å². The molecule has 0 atom stereocenters. The molecule has 0 unspecified atom stereocenters. The standard InChI is InChI=1S/C10H12N2O4S/c1-2-16-9(15)8-6(17-10(11)12-8)4-3-5-7(13)14/h3-4H,2,5H2,1H3,(H2,11,12)(H,13,14). The average Bonchev–Trinajstić information content (AvgIpc) is 2.59. The summed E-state index contributed by atoms with van der Waals surface area (Å²) in [6, 6.07) is 0. The lowest BCUT2D eigenvalue weighted by molar-refractivity contribution is -0.135. The first-order chi connectivity index (χ1) is 8.04. The van der Waals surface area contributed by atoms with Gasteiger partial charge >= 0.3 is 11.9 Å². The van der Waals surface area contributed by atoms with Crippen molar-refractivity contribution in [2.45, 2.75) is 13.3 Å². The van der Waals surface area contributed by atoms with Crippen molar-refractivity contribution in [3.8, 4) is 0 Å². The smallest absolute Gasteiger partial charge is 0.358 e. The highest BCUT2D eigenvalue weighted by atomic mass is 32.1. The zero-order valence-electron chi connectivity index (χ0n) is 9.17. The Labute approximate surface area is 102 Å². The van der Waals surface area contributed by atoms with Crippen LogP contribution in [0.3, 0.4) is 0 Å². The van der Waals surface area contributed by atoms with Crippen LogP contribution in [0.4, 0.5) is 5.13 Å². The second-order valence-corrected chi connectivity index (χ2v) is 4.05. The van der Waals surface area contributed by atoms with Gasteiger partial charge in [0.25, 0.3) is 0 Å². The van der Waals surface area contributed by atoms with Gasteiger partial charge in [-0.3, -0.25) is 4.79 Å². The maximum atomic E-state index is 11.5. The second kappa shape index (κ2) is 6.00. The Morgan fingerprint density at radius 3 is 2.88 bits per heavy atom. The summed E-state index contributed by atoms with van der Waals surface area (Å²) in [7, 11) is 0. The number of ether oxygens (including phenoxy) is 1. The van der Waals surface area contributed by atoms with Gasteiger partial charge < -0.3 is 15.6 Å². The number of nitrogen functional groups attached to an aromatic ring is 1. The largest absolute Gasteiger partial charge is 0.481 e. The van der Waals surface area contributed by atoms with Crippen molar-refractivity contribution in [2.75, 3.05) is 12.3 Å². The molecule has 0 amide bonds. The SMILES string of the molecule is CCOC(=O)c1nc(N)sc1C=CCC(=O)O. The molecule has 0 bridgehead atoms. The lowest BCUT2D eigenvalue weighted by atomic mass is 10.3. The maximum Gasteiger partial charge on any atom is 0.358 e. The van der Waals surface area contributed by atoms with Crippen molar-refractivity contribution < 1.29 is 19.4 Å². The van der Waals surface area contributed by atoms with E-state index in [-0.39, 0.29) is 23.9 Å². The summed E-state index contributed by atoms with van der Waals surface area (Å²) < 4.78 is 4.81. The second-order valence-electron chi connectivity index (χ2n) is 2.99. The van der Waals surface area contributed by atoms with Crippen molar-refractivity contribution >= 4 is 34.5 Å². The van der Waals surface area contributed by atoms with Gasteiger partial charge in [-0.1, -0.05) is 17.4 Å². The number of thiazole rings is 1. The third-order valence-corrected chi connectivity index (χ3v) is 2.55. The Morgan fingerprint density at radius 1 is 1.59 bits per heavy atom. The Hall–Kier alpha value is -1.89. The van der Waals surface area contributed by atoms with Crippen LogP contribution in [-0.2, 0) is 9.53 Å². The molecule has 0 saturated carbocycles. The summed E-state index contributed by atoms with van der Waals surface area (Å²) in [6.07, 6.45) is 2.81. The molecule has 0 spiro atoms. The number of anilines is 1. The lowest BCUT2D eigenvalue weighted by Crippen LogP contribution is -2.06. The van der Waals surface area contributed by atoms with Gasteiger partial charge in [0.2, 0.25) is 0 Å². The highest BCUT2D eigenvalue weighted by Gasteiger charge is 2.16.